The molecular weight excluding hydrogens is 292 g/mol. The van der Waals surface area contributed by atoms with Gasteiger partial charge in [-0.3, -0.25) is 4.79 Å². The van der Waals surface area contributed by atoms with Gasteiger partial charge in [0, 0.05) is 6.61 Å². The largest absolute Gasteiger partial charge is 0.504 e. The maximum Gasteiger partial charge on any atom is 0.303 e. The Morgan fingerprint density at radius 3 is 2.95 bits per heavy atom. The molecule has 1 amide bonds. The molecule has 2 rings (SSSR count). The van der Waals surface area contributed by atoms with Gasteiger partial charge in [0.05, 0.1) is 5.69 Å². The lowest BCUT2D eigenvalue weighted by atomic mass is 10.2. The van der Waals surface area contributed by atoms with Crippen molar-refractivity contribution in [3.8, 4) is 5.75 Å². The van der Waals surface area contributed by atoms with Crippen molar-refractivity contribution < 1.29 is 14.6 Å². The quantitative estimate of drug-likeness (QED) is 0.650. The van der Waals surface area contributed by atoms with Gasteiger partial charge < -0.3 is 15.6 Å². The maximum atomic E-state index is 12.0. The van der Waals surface area contributed by atoms with Crippen LogP contribution in [-0.2, 0) is 11.2 Å². The zero-order chi connectivity index (χ0) is 15.4. The fraction of sp³-hybridized carbons (Fsp3) is 0.615. The van der Waals surface area contributed by atoms with Gasteiger partial charge in [-0.2, -0.15) is 10.1 Å². The number of nitrogens with two attached hydrogens (primary N) is 1. The summed E-state index contributed by atoms with van der Waals surface area (Å²) in [5.41, 5.74) is 6.05. The van der Waals surface area contributed by atoms with Crippen molar-refractivity contribution in [2.45, 2.75) is 38.8 Å². The molecule has 0 radical (unpaired) electrons. The third kappa shape index (κ3) is 3.38. The van der Waals surface area contributed by atoms with Crippen molar-refractivity contribution in [1.29, 1.82) is 0 Å². The Morgan fingerprint density at radius 1 is 1.62 bits per heavy atom. The summed E-state index contributed by atoms with van der Waals surface area (Å²) in [6.45, 7) is 2.55. The van der Waals surface area contributed by atoms with E-state index in [1.807, 2.05) is 6.92 Å². The Hall–Kier alpha value is -1.54. The molecule has 1 aromatic heterocycles. The average molecular weight is 312 g/mol. The van der Waals surface area contributed by atoms with Crippen LogP contribution in [0.25, 0.3) is 0 Å². The van der Waals surface area contributed by atoms with Crippen LogP contribution in [0.3, 0.4) is 0 Å². The van der Waals surface area contributed by atoms with Crippen LogP contribution in [0, 0.1) is 0 Å². The van der Waals surface area contributed by atoms with E-state index in [2.05, 4.69) is 10.1 Å². The molecule has 1 saturated heterocycles. The first-order valence-corrected chi connectivity index (χ1v) is 8.15. The molecule has 1 aliphatic rings. The minimum atomic E-state index is -0.636. The van der Waals surface area contributed by atoms with Crippen molar-refractivity contribution in [1.82, 2.24) is 9.78 Å². The highest BCUT2D eigenvalue weighted by molar-refractivity contribution is 8.13. The van der Waals surface area contributed by atoms with Crippen molar-refractivity contribution in [3.05, 3.63) is 11.4 Å². The molecule has 0 saturated carbocycles. The minimum absolute atomic E-state index is 0.0713. The number of rotatable bonds is 3. The second-order valence-corrected chi connectivity index (χ2v) is 5.55. The standard InChI is InChI=1S/C13H20N4O3S/c1-3-8-11(18)10(12(19)15-13(14)21-2)16-17(8)9-6-4-5-7-20-9/h9,18H,3-7H2,1-2H3,(H2,14,15,19). The summed E-state index contributed by atoms with van der Waals surface area (Å²) in [5, 5.41) is 14.6. The second-order valence-electron chi connectivity index (χ2n) is 4.72. The predicted molar refractivity (Wildman–Crippen MR) is 81.6 cm³/mol. The van der Waals surface area contributed by atoms with Crippen molar-refractivity contribution in [2.24, 2.45) is 10.7 Å². The van der Waals surface area contributed by atoms with Gasteiger partial charge in [-0.25, -0.2) is 4.68 Å². The molecule has 0 spiro atoms. The highest BCUT2D eigenvalue weighted by Gasteiger charge is 2.27. The molecular formula is C13H20N4O3S. The molecule has 0 aromatic carbocycles. The van der Waals surface area contributed by atoms with Gasteiger partial charge in [-0.05, 0) is 31.9 Å². The van der Waals surface area contributed by atoms with E-state index in [4.69, 9.17) is 10.5 Å². The highest BCUT2D eigenvalue weighted by atomic mass is 32.2. The lowest BCUT2D eigenvalue weighted by Crippen LogP contribution is -2.21. The van der Waals surface area contributed by atoms with Crippen LogP contribution in [0.15, 0.2) is 4.99 Å². The first-order chi connectivity index (χ1) is 10.1. The number of carbonyl (C=O) groups excluding carboxylic acids is 1. The predicted octanol–water partition coefficient (Wildman–Crippen LogP) is 1.67. The van der Waals surface area contributed by atoms with E-state index >= 15 is 0 Å². The number of amidine groups is 1. The number of amides is 1. The molecule has 1 atom stereocenters. The Morgan fingerprint density at radius 2 is 2.38 bits per heavy atom. The third-order valence-corrected chi connectivity index (χ3v) is 3.88. The summed E-state index contributed by atoms with van der Waals surface area (Å²) in [4.78, 5) is 15.7. The summed E-state index contributed by atoms with van der Waals surface area (Å²) < 4.78 is 7.27. The zero-order valence-corrected chi connectivity index (χ0v) is 13.0. The molecule has 3 N–H and O–H groups in total. The fourth-order valence-corrected chi connectivity index (χ4v) is 2.46. The molecule has 21 heavy (non-hydrogen) atoms. The first kappa shape index (κ1) is 15.8. The number of nitrogens with zero attached hydrogens (tertiary/aromatic N) is 3. The van der Waals surface area contributed by atoms with Gasteiger partial charge in [0.25, 0.3) is 0 Å². The van der Waals surface area contributed by atoms with Gasteiger partial charge >= 0.3 is 5.91 Å². The lowest BCUT2D eigenvalue weighted by Gasteiger charge is -2.24. The Bertz CT molecular complexity index is 550. The molecule has 7 nitrogen and oxygen atoms in total. The van der Waals surface area contributed by atoms with Gasteiger partial charge in [-0.15, -0.1) is 0 Å². The number of thioether (sulfide) groups is 1. The molecule has 8 heteroatoms. The minimum Gasteiger partial charge on any atom is -0.504 e. The lowest BCUT2D eigenvalue weighted by molar-refractivity contribution is -0.0412. The van der Waals surface area contributed by atoms with Crippen LogP contribution in [0.5, 0.6) is 5.75 Å². The molecule has 1 unspecified atom stereocenters. The number of aromatic nitrogens is 2. The Balaban J connectivity index is 2.35. The van der Waals surface area contributed by atoms with E-state index < -0.39 is 5.91 Å². The van der Waals surface area contributed by atoms with E-state index in [1.165, 1.54) is 0 Å². The summed E-state index contributed by atoms with van der Waals surface area (Å²) >= 11 is 1.16. The normalized spacial score (nSPS) is 19.7. The van der Waals surface area contributed by atoms with Crippen LogP contribution < -0.4 is 5.73 Å². The average Bonchev–Trinajstić information content (AvgIpc) is 2.84. The van der Waals surface area contributed by atoms with E-state index in [-0.39, 0.29) is 22.8 Å². The van der Waals surface area contributed by atoms with Gasteiger partial charge in [0.15, 0.2) is 22.8 Å². The molecule has 0 bridgehead atoms. The van der Waals surface area contributed by atoms with E-state index in [9.17, 15) is 9.90 Å². The third-order valence-electron chi connectivity index (χ3n) is 3.37. The van der Waals surface area contributed by atoms with Crippen molar-refractivity contribution in [3.63, 3.8) is 0 Å². The second kappa shape index (κ2) is 6.95. The van der Waals surface area contributed by atoms with Crippen LogP contribution >= 0.6 is 11.8 Å². The number of aliphatic imine (C=N–C) groups is 1. The fourth-order valence-electron chi connectivity index (χ4n) is 2.29. The number of hydrogen-bond acceptors (Lipinski definition) is 5. The van der Waals surface area contributed by atoms with Gasteiger partial charge in [0.2, 0.25) is 0 Å². The van der Waals surface area contributed by atoms with E-state index in [1.54, 1.807) is 10.9 Å². The van der Waals surface area contributed by atoms with Gasteiger partial charge in [-0.1, -0.05) is 18.7 Å². The topological polar surface area (TPSA) is 103 Å². The van der Waals surface area contributed by atoms with Crippen molar-refractivity contribution >= 4 is 22.8 Å². The summed E-state index contributed by atoms with van der Waals surface area (Å²) in [5.74, 6) is -0.766. The Labute approximate surface area is 127 Å². The number of ether oxygens (including phenoxy) is 1. The molecule has 2 heterocycles. The van der Waals surface area contributed by atoms with Gasteiger partial charge in [0.1, 0.15) is 0 Å². The monoisotopic (exact) mass is 312 g/mol. The molecule has 1 aromatic rings. The highest BCUT2D eigenvalue weighted by Crippen LogP contribution is 2.30. The maximum absolute atomic E-state index is 12.0. The smallest absolute Gasteiger partial charge is 0.303 e. The van der Waals surface area contributed by atoms with Crippen LogP contribution in [0.4, 0.5) is 0 Å². The van der Waals surface area contributed by atoms with E-state index in [0.29, 0.717) is 18.7 Å². The summed E-state index contributed by atoms with van der Waals surface area (Å²) in [6.07, 6.45) is 4.91. The Kier molecular flexibility index (Phi) is 5.24. The number of carbonyl (C=O) groups is 1. The molecule has 116 valence electrons. The van der Waals surface area contributed by atoms with Crippen LogP contribution in [0.1, 0.15) is 48.6 Å². The number of hydrogen-bond donors (Lipinski definition) is 2. The van der Waals surface area contributed by atoms with Crippen LogP contribution in [0.2, 0.25) is 0 Å². The molecule has 0 aliphatic carbocycles. The SMILES string of the molecule is CCc1c(O)c(C(=O)N=C(N)SC)nn1C1CCCCO1. The summed E-state index contributed by atoms with van der Waals surface area (Å²) in [7, 11) is 0. The zero-order valence-electron chi connectivity index (χ0n) is 12.2. The number of aromatic hydroxyl groups is 1. The first-order valence-electron chi connectivity index (χ1n) is 6.92. The molecule has 1 aliphatic heterocycles. The van der Waals surface area contributed by atoms with E-state index in [0.717, 1.165) is 31.0 Å². The molecule has 1 fully saturated rings. The van der Waals surface area contributed by atoms with Crippen LogP contribution in [-0.4, -0.2) is 38.8 Å². The van der Waals surface area contributed by atoms with Crippen molar-refractivity contribution in [2.75, 3.05) is 12.9 Å². The summed E-state index contributed by atoms with van der Waals surface area (Å²) in [6, 6.07) is 0.